The number of halogens is 1. The molecule has 4 nitrogen and oxygen atoms in total. The van der Waals surface area contributed by atoms with Gasteiger partial charge in [-0.3, -0.25) is 4.57 Å². The molecule has 6 heteroatoms. The van der Waals surface area contributed by atoms with E-state index in [0.29, 0.717) is 0 Å². The van der Waals surface area contributed by atoms with Gasteiger partial charge in [-0.25, -0.2) is 0 Å². The summed E-state index contributed by atoms with van der Waals surface area (Å²) in [4.78, 5) is 9.19. The minimum absolute atomic E-state index is 0.0619. The first-order valence-corrected chi connectivity index (χ1v) is 6.27. The van der Waals surface area contributed by atoms with Crippen LogP contribution in [0.4, 0.5) is 0 Å². The van der Waals surface area contributed by atoms with E-state index in [4.69, 9.17) is 16.1 Å². The molecule has 0 bridgehead atoms. The zero-order valence-electron chi connectivity index (χ0n) is 8.03. The summed E-state index contributed by atoms with van der Waals surface area (Å²) in [6, 6.07) is 0. The lowest BCUT2D eigenvalue weighted by atomic mass is 10.0. The lowest BCUT2D eigenvalue weighted by molar-refractivity contribution is -0.0282. The smallest absolute Gasteiger partial charge is 0.329 e. The van der Waals surface area contributed by atoms with Gasteiger partial charge in [-0.2, -0.15) is 0 Å². The van der Waals surface area contributed by atoms with Crippen LogP contribution in [0.1, 0.15) is 20.8 Å². The van der Waals surface area contributed by atoms with Crippen LogP contribution in [0.15, 0.2) is 0 Å². The molecule has 0 saturated heterocycles. The van der Waals surface area contributed by atoms with Gasteiger partial charge in [0, 0.05) is 5.88 Å². The highest BCUT2D eigenvalue weighted by molar-refractivity contribution is 7.52. The highest BCUT2D eigenvalue weighted by Crippen LogP contribution is 2.44. The van der Waals surface area contributed by atoms with Gasteiger partial charge in [0.25, 0.3) is 0 Å². The Bertz CT molecular complexity index is 201. The van der Waals surface area contributed by atoms with E-state index in [9.17, 15) is 14.6 Å². The van der Waals surface area contributed by atoms with Gasteiger partial charge in [0.1, 0.15) is 0 Å². The first-order chi connectivity index (χ1) is 5.69. The summed E-state index contributed by atoms with van der Waals surface area (Å²) < 4.78 is 16.0. The Balaban J connectivity index is 4.20. The summed E-state index contributed by atoms with van der Waals surface area (Å²) >= 11 is 5.31. The van der Waals surface area contributed by atoms with Crippen LogP contribution in [0.2, 0.25) is 0 Å². The van der Waals surface area contributed by atoms with E-state index < -0.39 is 19.3 Å². The second-order valence-corrected chi connectivity index (χ2v) is 5.76. The molecule has 0 spiro atoms. The quantitative estimate of drug-likeness (QED) is 0.556. The molecule has 0 fully saturated rings. The van der Waals surface area contributed by atoms with Gasteiger partial charge in [0.15, 0.2) is 0 Å². The average Bonchev–Trinajstić information content (AvgIpc) is 1.83. The molecule has 0 aliphatic heterocycles. The van der Waals surface area contributed by atoms with Crippen LogP contribution >= 0.6 is 19.2 Å². The van der Waals surface area contributed by atoms with E-state index in [2.05, 4.69) is 0 Å². The molecule has 0 aromatic carbocycles. The number of hydrogen-bond donors (Lipinski definition) is 2. The van der Waals surface area contributed by atoms with Gasteiger partial charge in [-0.15, -0.1) is 11.6 Å². The number of aliphatic hydroxyl groups is 1. The molecule has 0 amide bonds. The molecule has 0 radical (unpaired) electrons. The third-order valence-electron chi connectivity index (χ3n) is 1.68. The molecule has 0 rings (SSSR count). The lowest BCUT2D eigenvalue weighted by Crippen LogP contribution is -2.35. The first-order valence-electron chi connectivity index (χ1n) is 3.97. The van der Waals surface area contributed by atoms with Gasteiger partial charge in [-0.1, -0.05) is 0 Å². The summed E-state index contributed by atoms with van der Waals surface area (Å²) in [5.74, 6) is 0.0619. The Kier molecular flexibility index (Phi) is 4.91. The van der Waals surface area contributed by atoms with Crippen molar-refractivity contribution in [2.75, 3.05) is 12.0 Å². The van der Waals surface area contributed by atoms with Crippen LogP contribution in [-0.2, 0) is 9.09 Å². The Labute approximate surface area is 83.4 Å². The molecular formula is C7H16ClO4P. The molecule has 2 atom stereocenters. The molecule has 13 heavy (non-hydrogen) atoms. The van der Waals surface area contributed by atoms with E-state index >= 15 is 0 Å². The maximum Gasteiger partial charge on any atom is 0.329 e. The van der Waals surface area contributed by atoms with Crippen molar-refractivity contribution in [1.82, 2.24) is 0 Å². The molecule has 0 heterocycles. The molecule has 2 N–H and O–H groups in total. The highest BCUT2D eigenvalue weighted by atomic mass is 35.5. The van der Waals surface area contributed by atoms with Gasteiger partial charge in [0.05, 0.1) is 17.9 Å². The van der Waals surface area contributed by atoms with Gasteiger partial charge in [-0.05, 0) is 20.8 Å². The van der Waals surface area contributed by atoms with Gasteiger partial charge < -0.3 is 14.5 Å². The monoisotopic (exact) mass is 230 g/mol. The molecule has 0 aliphatic rings. The fourth-order valence-corrected chi connectivity index (χ4v) is 2.25. The second kappa shape index (κ2) is 4.76. The van der Waals surface area contributed by atoms with Crippen molar-refractivity contribution in [2.45, 2.75) is 32.5 Å². The zero-order valence-corrected chi connectivity index (χ0v) is 9.68. The lowest BCUT2D eigenvalue weighted by Gasteiger charge is -2.27. The van der Waals surface area contributed by atoms with Gasteiger partial charge in [0.2, 0.25) is 0 Å². The number of alkyl halides is 1. The van der Waals surface area contributed by atoms with Crippen molar-refractivity contribution in [3.05, 3.63) is 0 Å². The van der Waals surface area contributed by atoms with E-state index in [1.54, 1.807) is 0 Å². The highest BCUT2D eigenvalue weighted by Gasteiger charge is 2.30. The van der Waals surface area contributed by atoms with E-state index in [1.165, 1.54) is 20.8 Å². The van der Waals surface area contributed by atoms with Crippen molar-refractivity contribution in [3.8, 4) is 0 Å². The SMILES string of the molecule is CC(OP(=O)(O)CCCl)C(C)(C)O. The molecule has 0 aromatic rings. The molecule has 0 aromatic heterocycles. The average molecular weight is 231 g/mol. The largest absolute Gasteiger partial charge is 0.388 e. The fourth-order valence-electron chi connectivity index (χ4n) is 0.536. The van der Waals surface area contributed by atoms with E-state index in [-0.39, 0.29) is 12.0 Å². The first kappa shape index (κ1) is 13.4. The van der Waals surface area contributed by atoms with Crippen LogP contribution in [0.5, 0.6) is 0 Å². The number of rotatable bonds is 5. The summed E-state index contributed by atoms with van der Waals surface area (Å²) in [6.45, 7) is 4.56. The normalized spacial score (nSPS) is 19.5. The van der Waals surface area contributed by atoms with Crippen molar-refractivity contribution >= 4 is 19.2 Å². The molecule has 0 aliphatic carbocycles. The Hall–Kier alpha value is 0.400. The summed E-state index contributed by atoms with van der Waals surface area (Å²) in [5, 5.41) is 9.43. The van der Waals surface area contributed by atoms with E-state index in [0.717, 1.165) is 0 Å². The Morgan fingerprint density at radius 3 is 2.38 bits per heavy atom. The molecule has 80 valence electrons. The van der Waals surface area contributed by atoms with Crippen LogP contribution in [-0.4, -0.2) is 33.7 Å². The third-order valence-corrected chi connectivity index (χ3v) is 3.57. The van der Waals surface area contributed by atoms with Crippen molar-refractivity contribution < 1.29 is 19.1 Å². The van der Waals surface area contributed by atoms with Crippen LogP contribution < -0.4 is 0 Å². The number of hydrogen-bond acceptors (Lipinski definition) is 3. The van der Waals surface area contributed by atoms with Crippen LogP contribution in [0.3, 0.4) is 0 Å². The maximum atomic E-state index is 11.2. The standard InChI is InChI=1S/C7H16ClO4P/c1-6(7(2,3)9)12-13(10,11)5-4-8/h6,9H,4-5H2,1-3H3,(H,10,11). The minimum atomic E-state index is -3.64. The van der Waals surface area contributed by atoms with Crippen molar-refractivity contribution in [1.29, 1.82) is 0 Å². The van der Waals surface area contributed by atoms with Crippen molar-refractivity contribution in [2.24, 2.45) is 0 Å². The maximum absolute atomic E-state index is 11.2. The zero-order chi connectivity index (χ0) is 10.7. The molecule has 0 saturated carbocycles. The predicted molar refractivity (Wildman–Crippen MR) is 52.3 cm³/mol. The minimum Gasteiger partial charge on any atom is -0.388 e. The van der Waals surface area contributed by atoms with Gasteiger partial charge >= 0.3 is 7.60 Å². The second-order valence-electron chi connectivity index (χ2n) is 3.45. The Morgan fingerprint density at radius 1 is 1.62 bits per heavy atom. The van der Waals surface area contributed by atoms with Crippen LogP contribution in [0, 0.1) is 0 Å². The molecular weight excluding hydrogens is 214 g/mol. The summed E-state index contributed by atoms with van der Waals surface area (Å²) in [7, 11) is -3.64. The third kappa shape index (κ3) is 5.66. The fraction of sp³-hybridized carbons (Fsp3) is 1.00. The Morgan fingerprint density at radius 2 is 2.08 bits per heavy atom. The molecule has 2 unspecified atom stereocenters. The predicted octanol–water partition coefficient (Wildman–Crippen LogP) is 1.59. The summed E-state index contributed by atoms with van der Waals surface area (Å²) in [6.07, 6.45) is -0.804. The van der Waals surface area contributed by atoms with E-state index in [1.807, 2.05) is 0 Å². The summed E-state index contributed by atoms with van der Waals surface area (Å²) in [5.41, 5.74) is -1.13. The van der Waals surface area contributed by atoms with Crippen LogP contribution in [0.25, 0.3) is 0 Å². The topological polar surface area (TPSA) is 66.8 Å². The van der Waals surface area contributed by atoms with Crippen molar-refractivity contribution in [3.63, 3.8) is 0 Å².